The van der Waals surface area contributed by atoms with E-state index in [1.807, 2.05) is 0 Å². The molecule has 0 heterocycles. The fourth-order valence-electron chi connectivity index (χ4n) is 0.354. The molecule has 0 radical (unpaired) electrons. The first-order chi connectivity index (χ1) is 3.27. The topological polar surface area (TPSA) is 9.23 Å². The van der Waals surface area contributed by atoms with Crippen molar-refractivity contribution in [3.63, 3.8) is 0 Å². The second kappa shape index (κ2) is 4.65. The number of hydrogen-bond acceptors (Lipinski definition) is 1. The Morgan fingerprint density at radius 3 is 2.29 bits per heavy atom. The molecule has 0 unspecified atom stereocenters. The second-order valence-electron chi connectivity index (χ2n) is 2.18. The molecular weight excluding hydrogens is 103 g/mol. The van der Waals surface area contributed by atoms with E-state index in [0.29, 0.717) is 0 Å². The molecule has 0 N–H and O–H groups in total. The predicted molar refractivity (Wildman–Crippen MR) is 34.0 cm³/mol. The van der Waals surface area contributed by atoms with Crippen molar-refractivity contribution in [2.45, 2.75) is 20.3 Å². The van der Waals surface area contributed by atoms with Gasteiger partial charge in [-0.3, -0.25) is 0 Å². The van der Waals surface area contributed by atoms with Crippen LogP contribution in [0.2, 0.25) is 0 Å². The van der Waals surface area contributed by atoms with Crippen LogP contribution in [-0.2, 0) is 3.79 Å². The van der Waals surface area contributed by atoms with Crippen LogP contribution in [0.15, 0.2) is 0 Å². The minimum absolute atomic E-state index is 0.800. The molecule has 0 aromatic rings. The summed E-state index contributed by atoms with van der Waals surface area (Å²) in [6.45, 7) is 5.38. The summed E-state index contributed by atoms with van der Waals surface area (Å²) in [5.74, 6) is 0.800. The standard InChI is InChI=1S/C5H11O.Al.2H/c1-5(2)3-4-6;;;/h5H,3-4H2,1-2H3;;;/q-1;+1;;. The van der Waals surface area contributed by atoms with Gasteiger partial charge in [0.2, 0.25) is 0 Å². The minimum atomic E-state index is 0.800. The molecule has 0 rings (SSSR count). The molecule has 0 amide bonds. The molecular formula is C5H13AlO. The fourth-order valence-corrected chi connectivity index (χ4v) is 0.589. The van der Waals surface area contributed by atoms with E-state index in [1.54, 1.807) is 0 Å². The molecule has 0 aliphatic rings. The molecule has 0 saturated carbocycles. The molecule has 1 nitrogen and oxygen atoms in total. The van der Waals surface area contributed by atoms with Gasteiger partial charge in [0.15, 0.2) is 0 Å². The number of rotatable bonds is 3. The van der Waals surface area contributed by atoms with E-state index in [4.69, 9.17) is 3.79 Å². The smallest absolute Gasteiger partial charge is 0.410 e. The first-order valence-corrected chi connectivity index (χ1v) is 3.58. The van der Waals surface area contributed by atoms with Crippen molar-refractivity contribution in [2.75, 3.05) is 6.61 Å². The second-order valence-corrected chi connectivity index (χ2v) is 2.75. The van der Waals surface area contributed by atoms with Gasteiger partial charge < -0.3 is 3.79 Å². The quantitative estimate of drug-likeness (QED) is 0.490. The van der Waals surface area contributed by atoms with Gasteiger partial charge >= 0.3 is 16.6 Å². The Labute approximate surface area is 53.8 Å². The normalized spacial score (nSPS) is 10.1. The van der Waals surface area contributed by atoms with Crippen molar-refractivity contribution in [2.24, 2.45) is 5.92 Å². The first kappa shape index (κ1) is 7.49. The van der Waals surface area contributed by atoms with E-state index in [2.05, 4.69) is 13.8 Å². The maximum atomic E-state index is 4.99. The van der Waals surface area contributed by atoms with E-state index >= 15 is 0 Å². The van der Waals surface area contributed by atoms with Gasteiger partial charge in [-0.1, -0.05) is 13.8 Å². The molecule has 0 atom stereocenters. The maximum Gasteiger partial charge on any atom is 0.410 e. The van der Waals surface area contributed by atoms with Crippen molar-refractivity contribution >= 4 is 16.6 Å². The zero-order valence-corrected chi connectivity index (χ0v) is 7.40. The molecule has 2 heteroatoms. The van der Waals surface area contributed by atoms with Crippen LogP contribution in [-0.4, -0.2) is 23.2 Å². The fraction of sp³-hybridized carbons (Fsp3) is 1.00. The predicted octanol–water partition coefficient (Wildman–Crippen LogP) is 0.597. The Hall–Kier alpha value is 0.492. The van der Waals surface area contributed by atoms with Crippen LogP contribution in [0.5, 0.6) is 0 Å². The average Bonchev–Trinajstić information content (AvgIpc) is 1.61. The third-order valence-corrected chi connectivity index (χ3v) is 1.31. The summed E-state index contributed by atoms with van der Waals surface area (Å²) in [5.41, 5.74) is 0. The van der Waals surface area contributed by atoms with E-state index in [-0.39, 0.29) is 0 Å². The Kier molecular flexibility index (Phi) is 4.97. The lowest BCUT2D eigenvalue weighted by atomic mass is 10.2. The van der Waals surface area contributed by atoms with Crippen LogP contribution in [0.25, 0.3) is 0 Å². The van der Waals surface area contributed by atoms with Crippen molar-refractivity contribution in [1.29, 1.82) is 0 Å². The highest BCUT2D eigenvalue weighted by Gasteiger charge is 1.88. The summed E-state index contributed by atoms with van der Waals surface area (Å²) in [4.78, 5) is 0. The molecule has 0 saturated heterocycles. The highest BCUT2D eigenvalue weighted by Crippen LogP contribution is 1.96. The van der Waals surface area contributed by atoms with Crippen LogP contribution in [0.4, 0.5) is 0 Å². The number of hydrogen-bond donors (Lipinski definition) is 0. The lowest BCUT2D eigenvalue weighted by molar-refractivity contribution is 0.315. The summed E-state index contributed by atoms with van der Waals surface area (Å²) in [6.07, 6.45) is 1.21. The van der Waals surface area contributed by atoms with Crippen LogP contribution >= 0.6 is 0 Å². The van der Waals surface area contributed by atoms with Gasteiger partial charge in [-0.25, -0.2) is 0 Å². The maximum absolute atomic E-state index is 4.99. The average molecular weight is 116 g/mol. The Morgan fingerprint density at radius 1 is 1.57 bits per heavy atom. The van der Waals surface area contributed by atoms with Crippen molar-refractivity contribution < 1.29 is 3.79 Å². The van der Waals surface area contributed by atoms with E-state index < -0.39 is 0 Å². The van der Waals surface area contributed by atoms with Gasteiger partial charge in [0.05, 0.1) is 0 Å². The molecule has 0 aliphatic heterocycles. The van der Waals surface area contributed by atoms with E-state index in [0.717, 1.165) is 29.1 Å². The summed E-state index contributed by atoms with van der Waals surface area (Å²) in [6, 6.07) is 0. The molecule has 42 valence electrons. The Morgan fingerprint density at radius 2 is 2.14 bits per heavy atom. The Balaban J connectivity index is 2.68. The SMILES string of the molecule is CC(C)CC[O][AlH2]. The molecule has 0 spiro atoms. The monoisotopic (exact) mass is 116 g/mol. The van der Waals surface area contributed by atoms with E-state index in [1.165, 1.54) is 6.42 Å². The lowest BCUT2D eigenvalue weighted by Gasteiger charge is -2.01. The molecule has 0 aromatic carbocycles. The third kappa shape index (κ3) is 6.49. The summed E-state index contributed by atoms with van der Waals surface area (Å²) < 4.78 is 4.99. The van der Waals surface area contributed by atoms with Gasteiger partial charge in [-0.15, -0.1) is 0 Å². The Bertz CT molecular complexity index is 37.1. The van der Waals surface area contributed by atoms with Gasteiger partial charge in [-0.05, 0) is 12.3 Å². The molecule has 0 aromatic heterocycles. The largest absolute Gasteiger partial charge is 0.506 e. The van der Waals surface area contributed by atoms with Crippen LogP contribution < -0.4 is 0 Å². The van der Waals surface area contributed by atoms with E-state index in [9.17, 15) is 0 Å². The zero-order chi connectivity index (χ0) is 5.70. The van der Waals surface area contributed by atoms with Gasteiger partial charge in [0.1, 0.15) is 0 Å². The van der Waals surface area contributed by atoms with Gasteiger partial charge in [0.25, 0.3) is 0 Å². The van der Waals surface area contributed by atoms with Crippen molar-refractivity contribution in [3.8, 4) is 0 Å². The van der Waals surface area contributed by atoms with Crippen molar-refractivity contribution in [1.82, 2.24) is 0 Å². The lowest BCUT2D eigenvalue weighted by Crippen LogP contribution is -1.94. The molecule has 0 fully saturated rings. The van der Waals surface area contributed by atoms with Crippen LogP contribution in [0.1, 0.15) is 20.3 Å². The summed E-state index contributed by atoms with van der Waals surface area (Å²) in [5, 5.41) is 0. The first-order valence-electron chi connectivity index (χ1n) is 2.76. The summed E-state index contributed by atoms with van der Waals surface area (Å²) >= 11 is 0.894. The van der Waals surface area contributed by atoms with Crippen molar-refractivity contribution in [3.05, 3.63) is 0 Å². The van der Waals surface area contributed by atoms with Gasteiger partial charge in [-0.2, -0.15) is 0 Å². The van der Waals surface area contributed by atoms with Crippen LogP contribution in [0.3, 0.4) is 0 Å². The third-order valence-electron chi connectivity index (χ3n) is 0.899. The highest BCUT2D eigenvalue weighted by atomic mass is 27.1. The molecule has 7 heavy (non-hydrogen) atoms. The van der Waals surface area contributed by atoms with Gasteiger partial charge in [0, 0.05) is 6.61 Å². The minimum Gasteiger partial charge on any atom is -0.506 e. The zero-order valence-electron chi connectivity index (χ0n) is 5.40. The summed E-state index contributed by atoms with van der Waals surface area (Å²) in [7, 11) is 0. The highest BCUT2D eigenvalue weighted by molar-refractivity contribution is 5.97. The molecule has 0 bridgehead atoms. The molecule has 0 aliphatic carbocycles. The van der Waals surface area contributed by atoms with Crippen LogP contribution in [0, 0.1) is 5.92 Å².